The summed E-state index contributed by atoms with van der Waals surface area (Å²) in [5.74, 6) is 0.142. The maximum Gasteiger partial charge on any atom is 0.287 e. The van der Waals surface area contributed by atoms with Crippen LogP contribution < -0.4 is 15.4 Å². The number of halogens is 1. The minimum atomic E-state index is -0.446. The van der Waals surface area contributed by atoms with Gasteiger partial charge in [0.2, 0.25) is 5.91 Å². The van der Waals surface area contributed by atoms with Gasteiger partial charge in [0, 0.05) is 0 Å². The Morgan fingerprint density at radius 3 is 2.58 bits per heavy atom. The zero-order chi connectivity index (χ0) is 18.4. The van der Waals surface area contributed by atoms with E-state index in [0.717, 1.165) is 16.5 Å². The van der Waals surface area contributed by atoms with E-state index in [1.165, 1.54) is 6.07 Å². The first kappa shape index (κ1) is 18.0. The molecule has 0 aliphatic heterocycles. The number of rotatable bonds is 7. The fourth-order valence-electron chi connectivity index (χ4n) is 2.36. The molecular weight excluding hydrogens is 400 g/mol. The third-order valence-corrected chi connectivity index (χ3v) is 4.05. The summed E-state index contributed by atoms with van der Waals surface area (Å²) in [6, 6.07) is 17.0. The molecule has 0 aliphatic carbocycles. The number of furan rings is 1. The van der Waals surface area contributed by atoms with E-state index < -0.39 is 5.91 Å². The summed E-state index contributed by atoms with van der Waals surface area (Å²) < 4.78 is 11.2. The van der Waals surface area contributed by atoms with Crippen molar-refractivity contribution < 1.29 is 18.7 Å². The molecule has 2 amide bonds. The summed E-state index contributed by atoms with van der Waals surface area (Å²) in [6.45, 7) is 0.546. The molecule has 134 valence electrons. The van der Waals surface area contributed by atoms with Crippen LogP contribution in [0.5, 0.6) is 5.75 Å². The standard InChI is InChI=1S/C19H17BrN2O4/c20-17-8-7-16(26-17)19(24)22-12-18(23)21-9-10-25-15-6-5-13-3-1-2-4-14(13)11-15/h1-8,11H,9-10,12H2,(H,21,23)(H,22,24). The molecule has 0 fully saturated rings. The van der Waals surface area contributed by atoms with Crippen molar-refractivity contribution >= 4 is 38.5 Å². The number of carbonyl (C=O) groups excluding carboxylic acids is 2. The van der Waals surface area contributed by atoms with Gasteiger partial charge in [0.25, 0.3) is 5.91 Å². The van der Waals surface area contributed by atoms with Gasteiger partial charge in [-0.1, -0.05) is 30.3 Å². The average molecular weight is 417 g/mol. The quantitative estimate of drug-likeness (QED) is 0.579. The van der Waals surface area contributed by atoms with Crippen LogP contribution in [0.2, 0.25) is 0 Å². The first-order valence-corrected chi connectivity index (χ1v) is 8.83. The zero-order valence-electron chi connectivity index (χ0n) is 13.8. The molecule has 0 saturated carbocycles. The van der Waals surface area contributed by atoms with Crippen molar-refractivity contribution in [1.82, 2.24) is 10.6 Å². The Labute approximate surface area is 158 Å². The highest BCUT2D eigenvalue weighted by Crippen LogP contribution is 2.20. The van der Waals surface area contributed by atoms with Gasteiger partial charge in [-0.3, -0.25) is 9.59 Å². The molecule has 2 aromatic carbocycles. The molecule has 0 spiro atoms. The zero-order valence-corrected chi connectivity index (χ0v) is 15.4. The molecule has 0 unspecified atom stereocenters. The molecule has 7 heteroatoms. The summed E-state index contributed by atoms with van der Waals surface area (Å²) >= 11 is 3.12. The molecule has 6 nitrogen and oxygen atoms in total. The third-order valence-electron chi connectivity index (χ3n) is 3.62. The summed E-state index contributed by atoms with van der Waals surface area (Å²) in [7, 11) is 0. The molecule has 1 aromatic heterocycles. The lowest BCUT2D eigenvalue weighted by molar-refractivity contribution is -0.120. The van der Waals surface area contributed by atoms with Gasteiger partial charge in [0.05, 0.1) is 13.1 Å². The second kappa shape index (κ2) is 8.53. The van der Waals surface area contributed by atoms with Crippen molar-refractivity contribution in [3.63, 3.8) is 0 Å². The van der Waals surface area contributed by atoms with Crippen LogP contribution in [0.25, 0.3) is 10.8 Å². The van der Waals surface area contributed by atoms with Crippen LogP contribution in [0.1, 0.15) is 10.6 Å². The van der Waals surface area contributed by atoms with E-state index in [1.54, 1.807) is 6.07 Å². The number of benzene rings is 2. The van der Waals surface area contributed by atoms with Crippen LogP contribution in [0.15, 0.2) is 63.7 Å². The lowest BCUT2D eigenvalue weighted by atomic mass is 10.1. The molecule has 0 atom stereocenters. The topological polar surface area (TPSA) is 80.6 Å². The molecule has 0 aliphatic rings. The summed E-state index contributed by atoms with van der Waals surface area (Å²) in [6.07, 6.45) is 0. The van der Waals surface area contributed by atoms with Gasteiger partial charge >= 0.3 is 0 Å². The smallest absolute Gasteiger partial charge is 0.287 e. The Kier molecular flexibility index (Phi) is 5.91. The minimum Gasteiger partial charge on any atom is -0.492 e. The van der Waals surface area contributed by atoms with Crippen LogP contribution in [0.3, 0.4) is 0 Å². The van der Waals surface area contributed by atoms with Crippen LogP contribution in [0, 0.1) is 0 Å². The number of amides is 2. The SMILES string of the molecule is O=C(CNC(=O)c1ccc(Br)o1)NCCOc1ccc2ccccc2c1. The van der Waals surface area contributed by atoms with E-state index in [-0.39, 0.29) is 18.2 Å². The Morgan fingerprint density at radius 1 is 1.00 bits per heavy atom. The number of nitrogens with one attached hydrogen (secondary N) is 2. The normalized spacial score (nSPS) is 10.5. The van der Waals surface area contributed by atoms with Crippen molar-refractivity contribution in [1.29, 1.82) is 0 Å². The summed E-state index contributed by atoms with van der Waals surface area (Å²) in [4.78, 5) is 23.5. The van der Waals surface area contributed by atoms with Gasteiger partial charge in [-0.15, -0.1) is 0 Å². The molecule has 26 heavy (non-hydrogen) atoms. The maximum absolute atomic E-state index is 11.8. The van der Waals surface area contributed by atoms with Crippen molar-refractivity contribution in [3.8, 4) is 5.75 Å². The third kappa shape index (κ3) is 4.86. The van der Waals surface area contributed by atoms with Crippen molar-refractivity contribution in [3.05, 3.63) is 65.0 Å². The van der Waals surface area contributed by atoms with Gasteiger partial charge in [-0.2, -0.15) is 0 Å². The lowest BCUT2D eigenvalue weighted by Crippen LogP contribution is -2.38. The summed E-state index contributed by atoms with van der Waals surface area (Å²) in [5.41, 5.74) is 0. The molecule has 3 aromatic rings. The minimum absolute atomic E-state index is 0.132. The second-order valence-corrected chi connectivity index (χ2v) is 6.28. The van der Waals surface area contributed by atoms with Crippen molar-refractivity contribution in [2.75, 3.05) is 19.7 Å². The Morgan fingerprint density at radius 2 is 1.81 bits per heavy atom. The highest BCUT2D eigenvalue weighted by atomic mass is 79.9. The molecule has 3 rings (SSSR count). The highest BCUT2D eigenvalue weighted by Gasteiger charge is 2.11. The number of fused-ring (bicyclic) bond motifs is 1. The van der Waals surface area contributed by atoms with Gasteiger partial charge in [-0.05, 0) is 51.0 Å². The highest BCUT2D eigenvalue weighted by molar-refractivity contribution is 9.10. The number of hydrogen-bond acceptors (Lipinski definition) is 4. The van der Waals surface area contributed by atoms with E-state index in [4.69, 9.17) is 9.15 Å². The lowest BCUT2D eigenvalue weighted by Gasteiger charge is -2.09. The van der Waals surface area contributed by atoms with E-state index in [0.29, 0.717) is 17.8 Å². The maximum atomic E-state index is 11.8. The van der Waals surface area contributed by atoms with Gasteiger partial charge in [0.1, 0.15) is 12.4 Å². The molecule has 0 radical (unpaired) electrons. The van der Waals surface area contributed by atoms with Gasteiger partial charge < -0.3 is 19.8 Å². The van der Waals surface area contributed by atoms with Crippen LogP contribution in [-0.2, 0) is 4.79 Å². The second-order valence-electron chi connectivity index (χ2n) is 5.49. The monoisotopic (exact) mass is 416 g/mol. The molecule has 2 N–H and O–H groups in total. The van der Waals surface area contributed by atoms with Crippen LogP contribution in [-0.4, -0.2) is 31.5 Å². The molecule has 0 saturated heterocycles. The van der Waals surface area contributed by atoms with E-state index in [1.807, 2.05) is 42.5 Å². The first-order chi connectivity index (χ1) is 12.6. The van der Waals surface area contributed by atoms with Gasteiger partial charge in [-0.25, -0.2) is 0 Å². The molecule has 0 bridgehead atoms. The van der Waals surface area contributed by atoms with Crippen LogP contribution in [0.4, 0.5) is 0 Å². The molecule has 1 heterocycles. The summed E-state index contributed by atoms with van der Waals surface area (Å²) in [5, 5.41) is 7.41. The largest absolute Gasteiger partial charge is 0.492 e. The average Bonchev–Trinajstić information content (AvgIpc) is 3.09. The Balaban J connectivity index is 1.37. The number of ether oxygens (including phenoxy) is 1. The number of carbonyl (C=O) groups is 2. The number of hydrogen-bond donors (Lipinski definition) is 2. The van der Waals surface area contributed by atoms with Crippen molar-refractivity contribution in [2.24, 2.45) is 0 Å². The first-order valence-electron chi connectivity index (χ1n) is 8.04. The van der Waals surface area contributed by atoms with E-state index >= 15 is 0 Å². The fraction of sp³-hybridized carbons (Fsp3) is 0.158. The van der Waals surface area contributed by atoms with E-state index in [9.17, 15) is 9.59 Å². The van der Waals surface area contributed by atoms with Crippen LogP contribution >= 0.6 is 15.9 Å². The Hall–Kier alpha value is -2.80. The van der Waals surface area contributed by atoms with E-state index in [2.05, 4.69) is 26.6 Å². The predicted molar refractivity (Wildman–Crippen MR) is 101 cm³/mol. The molecular formula is C19H17BrN2O4. The fourth-order valence-corrected chi connectivity index (χ4v) is 2.67. The predicted octanol–water partition coefficient (Wildman–Crippen LogP) is 3.12. The Bertz CT molecular complexity index is 923. The van der Waals surface area contributed by atoms with Crippen molar-refractivity contribution in [2.45, 2.75) is 0 Å². The van der Waals surface area contributed by atoms with Gasteiger partial charge in [0.15, 0.2) is 10.4 Å².